The van der Waals surface area contributed by atoms with Gasteiger partial charge in [0.2, 0.25) is 0 Å². The fourth-order valence-electron chi connectivity index (χ4n) is 2.97. The molecule has 4 rings (SSSR count). The van der Waals surface area contributed by atoms with Crippen LogP contribution in [0.25, 0.3) is 11.3 Å². The summed E-state index contributed by atoms with van der Waals surface area (Å²) in [6, 6.07) is 1.78. The molecule has 1 aliphatic carbocycles. The molecule has 0 bridgehead atoms. The Balaban J connectivity index is 1.84. The van der Waals surface area contributed by atoms with Crippen LogP contribution in [0.4, 0.5) is 0 Å². The Morgan fingerprint density at radius 1 is 1.27 bits per heavy atom. The van der Waals surface area contributed by atoms with Crippen molar-refractivity contribution >= 4 is 22.9 Å². The number of aryl methyl sites for hydroxylation is 3. The van der Waals surface area contributed by atoms with Crippen LogP contribution >= 0.6 is 22.9 Å². The minimum absolute atomic E-state index is 0.570. The van der Waals surface area contributed by atoms with Gasteiger partial charge in [-0.15, -0.1) is 11.3 Å². The highest BCUT2D eigenvalue weighted by Crippen LogP contribution is 2.48. The van der Waals surface area contributed by atoms with Crippen LogP contribution in [0.2, 0.25) is 5.02 Å². The van der Waals surface area contributed by atoms with Crippen LogP contribution in [0.1, 0.15) is 16.0 Å². The summed E-state index contributed by atoms with van der Waals surface area (Å²) >= 11 is 7.67. The second-order valence-electron chi connectivity index (χ2n) is 5.38. The van der Waals surface area contributed by atoms with Gasteiger partial charge in [0, 0.05) is 24.2 Å². The molecule has 0 saturated heterocycles. The maximum atomic E-state index is 6.09. The van der Waals surface area contributed by atoms with E-state index in [4.69, 9.17) is 16.3 Å². The van der Waals surface area contributed by atoms with Gasteiger partial charge in [-0.25, -0.2) is 0 Å². The van der Waals surface area contributed by atoms with E-state index in [-0.39, 0.29) is 0 Å². The number of fused-ring (bicyclic) bond motifs is 3. The van der Waals surface area contributed by atoms with Gasteiger partial charge in [0.1, 0.15) is 5.75 Å². The molecule has 0 atom stereocenters. The average molecular weight is 332 g/mol. The van der Waals surface area contributed by atoms with Gasteiger partial charge in [-0.3, -0.25) is 9.67 Å². The van der Waals surface area contributed by atoms with Gasteiger partial charge in [-0.1, -0.05) is 11.6 Å². The number of nitrogens with zero attached hydrogens (tertiary/aromatic N) is 3. The second kappa shape index (κ2) is 5.11. The summed E-state index contributed by atoms with van der Waals surface area (Å²) in [6.07, 6.45) is 7.30. The molecule has 0 saturated carbocycles. The summed E-state index contributed by atoms with van der Waals surface area (Å²) in [6.45, 7) is 2.15. The van der Waals surface area contributed by atoms with Crippen molar-refractivity contribution in [2.24, 2.45) is 7.05 Å². The molecule has 0 amide bonds. The van der Waals surface area contributed by atoms with Crippen molar-refractivity contribution in [1.82, 2.24) is 14.8 Å². The summed E-state index contributed by atoms with van der Waals surface area (Å²) in [4.78, 5) is 5.38. The molecule has 0 unspecified atom stereocenters. The lowest BCUT2D eigenvalue weighted by atomic mass is 9.92. The molecule has 112 valence electrons. The SMILES string of the molecule is Cc1sc(Oc2cncc(Cl)c2)c2c1CCc1cnn(C)c1-2. The first kappa shape index (κ1) is 13.8. The molecule has 4 nitrogen and oxygen atoms in total. The largest absolute Gasteiger partial charge is 0.444 e. The molecule has 3 heterocycles. The maximum Gasteiger partial charge on any atom is 0.190 e. The number of pyridine rings is 1. The smallest absolute Gasteiger partial charge is 0.190 e. The van der Waals surface area contributed by atoms with Crippen LogP contribution in [0.15, 0.2) is 24.7 Å². The summed E-state index contributed by atoms with van der Waals surface area (Å²) in [5.41, 5.74) is 4.98. The predicted octanol–water partition coefficient (Wildman–Crippen LogP) is 4.40. The minimum atomic E-state index is 0.570. The molecule has 0 spiro atoms. The van der Waals surface area contributed by atoms with Crippen molar-refractivity contribution in [3.05, 3.63) is 45.7 Å². The lowest BCUT2D eigenvalue weighted by molar-refractivity contribution is 0.494. The summed E-state index contributed by atoms with van der Waals surface area (Å²) in [5, 5.41) is 5.86. The molecule has 0 fully saturated rings. The number of thiophene rings is 1. The molecule has 22 heavy (non-hydrogen) atoms. The molecule has 0 radical (unpaired) electrons. The quantitative estimate of drug-likeness (QED) is 0.699. The number of rotatable bonds is 2. The number of hydrogen-bond acceptors (Lipinski definition) is 4. The lowest BCUT2D eigenvalue weighted by Crippen LogP contribution is -2.05. The normalized spacial score (nSPS) is 12.9. The van der Waals surface area contributed by atoms with E-state index in [2.05, 4.69) is 17.0 Å². The van der Waals surface area contributed by atoms with Crippen LogP contribution in [0.3, 0.4) is 0 Å². The van der Waals surface area contributed by atoms with E-state index >= 15 is 0 Å². The van der Waals surface area contributed by atoms with Crippen LogP contribution < -0.4 is 4.74 Å². The molecule has 6 heteroatoms. The summed E-state index contributed by atoms with van der Waals surface area (Å²) in [5.74, 6) is 0.658. The highest BCUT2D eigenvalue weighted by molar-refractivity contribution is 7.14. The Labute approximate surface area is 137 Å². The topological polar surface area (TPSA) is 39.9 Å². The van der Waals surface area contributed by atoms with Crippen LogP contribution in [-0.4, -0.2) is 14.8 Å². The van der Waals surface area contributed by atoms with Gasteiger partial charge in [-0.05, 0) is 30.9 Å². The van der Waals surface area contributed by atoms with Gasteiger partial charge in [0.25, 0.3) is 0 Å². The summed E-state index contributed by atoms with van der Waals surface area (Å²) < 4.78 is 8.02. The first-order valence-electron chi connectivity index (χ1n) is 7.05. The Hall–Kier alpha value is -1.85. The molecule has 0 aromatic carbocycles. The van der Waals surface area contributed by atoms with Crippen molar-refractivity contribution in [3.8, 4) is 22.1 Å². The molecule has 1 aliphatic rings. The fraction of sp³-hybridized carbons (Fsp3) is 0.250. The van der Waals surface area contributed by atoms with E-state index in [9.17, 15) is 0 Å². The van der Waals surface area contributed by atoms with E-state index < -0.39 is 0 Å². The zero-order valence-electron chi connectivity index (χ0n) is 12.3. The van der Waals surface area contributed by atoms with Crippen molar-refractivity contribution in [3.63, 3.8) is 0 Å². The highest BCUT2D eigenvalue weighted by atomic mass is 35.5. The zero-order chi connectivity index (χ0) is 15.3. The van der Waals surface area contributed by atoms with Gasteiger partial charge >= 0.3 is 0 Å². The highest BCUT2D eigenvalue weighted by Gasteiger charge is 2.27. The standard InChI is InChI=1S/C16H14ClN3OS/c1-9-13-4-3-10-6-19-20(2)15(10)14(13)16(22-9)21-12-5-11(17)7-18-8-12/h5-8H,3-4H2,1-2H3. The zero-order valence-corrected chi connectivity index (χ0v) is 13.8. The number of halogens is 1. The molecule has 3 aromatic rings. The third-order valence-electron chi connectivity index (χ3n) is 3.96. The van der Waals surface area contributed by atoms with Crippen LogP contribution in [-0.2, 0) is 19.9 Å². The summed E-state index contributed by atoms with van der Waals surface area (Å²) in [7, 11) is 1.98. The first-order chi connectivity index (χ1) is 10.6. The molecular weight excluding hydrogens is 318 g/mol. The van der Waals surface area contributed by atoms with E-state index in [0.717, 1.165) is 23.6 Å². The van der Waals surface area contributed by atoms with E-state index in [1.54, 1.807) is 29.8 Å². The minimum Gasteiger partial charge on any atom is -0.444 e. The Kier molecular flexibility index (Phi) is 3.20. The Morgan fingerprint density at radius 2 is 2.14 bits per heavy atom. The fourth-order valence-corrected chi connectivity index (χ4v) is 4.20. The third-order valence-corrected chi connectivity index (χ3v) is 5.19. The van der Waals surface area contributed by atoms with Gasteiger partial charge in [0.15, 0.2) is 5.06 Å². The lowest BCUT2D eigenvalue weighted by Gasteiger charge is -2.16. The van der Waals surface area contributed by atoms with Gasteiger partial charge in [0.05, 0.1) is 28.7 Å². The van der Waals surface area contributed by atoms with Crippen LogP contribution in [0.5, 0.6) is 10.8 Å². The van der Waals surface area contributed by atoms with E-state index in [1.807, 2.05) is 17.9 Å². The monoisotopic (exact) mass is 331 g/mol. The van der Waals surface area contributed by atoms with Crippen molar-refractivity contribution in [2.45, 2.75) is 19.8 Å². The average Bonchev–Trinajstić information content (AvgIpc) is 3.01. The van der Waals surface area contributed by atoms with Crippen molar-refractivity contribution < 1.29 is 4.74 Å². The van der Waals surface area contributed by atoms with E-state index in [0.29, 0.717) is 10.8 Å². The van der Waals surface area contributed by atoms with Gasteiger partial charge < -0.3 is 4.74 Å². The van der Waals surface area contributed by atoms with Crippen LogP contribution in [0, 0.1) is 6.92 Å². The van der Waals surface area contributed by atoms with Crippen molar-refractivity contribution in [2.75, 3.05) is 0 Å². The Bertz CT molecular complexity index is 868. The number of ether oxygens (including phenoxy) is 1. The molecular formula is C16H14ClN3OS. The van der Waals surface area contributed by atoms with Crippen molar-refractivity contribution in [1.29, 1.82) is 0 Å². The molecule has 0 N–H and O–H groups in total. The maximum absolute atomic E-state index is 6.09. The predicted molar refractivity (Wildman–Crippen MR) is 88.0 cm³/mol. The Morgan fingerprint density at radius 3 is 2.95 bits per heavy atom. The molecule has 0 aliphatic heterocycles. The van der Waals surface area contributed by atoms with E-state index in [1.165, 1.54) is 21.6 Å². The third kappa shape index (κ3) is 2.12. The number of hydrogen-bond donors (Lipinski definition) is 0. The number of aromatic nitrogens is 3. The second-order valence-corrected chi connectivity index (χ2v) is 7.01. The molecule has 3 aromatic heterocycles. The first-order valence-corrected chi connectivity index (χ1v) is 8.25. The van der Waals surface area contributed by atoms with Gasteiger partial charge in [-0.2, -0.15) is 5.10 Å².